The SMILES string of the molecule is [NH4+].[NH4+].[NH4+].[NH4+].[Na+]. The predicted molar refractivity (Wildman–Crippen MR) is 23.9 cm³/mol. The molecule has 0 aliphatic heterocycles. The van der Waals surface area contributed by atoms with E-state index in [1.165, 1.54) is 0 Å². The van der Waals surface area contributed by atoms with Crippen LogP contribution in [0, 0.1) is 0 Å². The Hall–Kier alpha value is 0.840. The zero-order valence-corrected chi connectivity index (χ0v) is 7.00. The molecule has 0 aromatic rings. The van der Waals surface area contributed by atoms with Gasteiger partial charge in [0.2, 0.25) is 0 Å². The molecule has 5 heavy (non-hydrogen) atoms. The second kappa shape index (κ2) is 101. The minimum absolute atomic E-state index is 0. The van der Waals surface area contributed by atoms with Crippen LogP contribution in [0.4, 0.5) is 0 Å². The van der Waals surface area contributed by atoms with E-state index in [4.69, 9.17) is 0 Å². The third-order valence-corrected chi connectivity index (χ3v) is 0. The van der Waals surface area contributed by atoms with E-state index >= 15 is 0 Å². The van der Waals surface area contributed by atoms with Crippen LogP contribution < -0.4 is 54.2 Å². The van der Waals surface area contributed by atoms with Gasteiger partial charge < -0.3 is 24.6 Å². The van der Waals surface area contributed by atoms with Crippen LogP contribution >= 0.6 is 0 Å². The summed E-state index contributed by atoms with van der Waals surface area (Å²) in [5, 5.41) is 0. The van der Waals surface area contributed by atoms with Gasteiger partial charge in [-0.05, 0) is 0 Å². The molecule has 0 unspecified atom stereocenters. The third-order valence-electron chi connectivity index (χ3n) is 0. The second-order valence-corrected chi connectivity index (χ2v) is 0. The molecule has 0 heterocycles. The van der Waals surface area contributed by atoms with E-state index in [2.05, 4.69) is 0 Å². The Labute approximate surface area is 54.3 Å². The fraction of sp³-hybridized carbons (Fsp3) is 0. The molecule has 0 rings (SSSR count). The van der Waals surface area contributed by atoms with Crippen molar-refractivity contribution in [2.45, 2.75) is 0 Å². The van der Waals surface area contributed by atoms with Gasteiger partial charge in [0.15, 0.2) is 0 Å². The zero-order chi connectivity index (χ0) is 0. The molecule has 16 N–H and O–H groups in total. The normalized spacial score (nSPS) is 0. The summed E-state index contributed by atoms with van der Waals surface area (Å²) in [5.41, 5.74) is 0. The summed E-state index contributed by atoms with van der Waals surface area (Å²) < 4.78 is 0. The Bertz CT molecular complexity index is 3.61. The third kappa shape index (κ3) is 55.3. The fourth-order valence-corrected chi connectivity index (χ4v) is 0. The van der Waals surface area contributed by atoms with Crippen molar-refractivity contribution in [2.75, 3.05) is 0 Å². The summed E-state index contributed by atoms with van der Waals surface area (Å²) >= 11 is 0. The summed E-state index contributed by atoms with van der Waals surface area (Å²) in [6.07, 6.45) is 0. The molecule has 0 radical (unpaired) electrons. The van der Waals surface area contributed by atoms with Gasteiger partial charge in [0.05, 0.1) is 0 Å². The number of rotatable bonds is 0. The van der Waals surface area contributed by atoms with E-state index in [-0.39, 0.29) is 54.2 Å². The summed E-state index contributed by atoms with van der Waals surface area (Å²) in [6, 6.07) is 0. The minimum Gasteiger partial charge on any atom is -0.369 e. The molecule has 0 saturated heterocycles. The predicted octanol–water partition coefficient (Wildman–Crippen LogP) is -1.49. The largest absolute Gasteiger partial charge is 1.00 e. The molecule has 0 bridgehead atoms. The molecule has 4 nitrogen and oxygen atoms in total. The van der Waals surface area contributed by atoms with Crippen molar-refractivity contribution in [3.8, 4) is 0 Å². The van der Waals surface area contributed by atoms with Crippen LogP contribution in [0.15, 0.2) is 0 Å². The molecule has 32 valence electrons. The molecule has 0 aromatic carbocycles. The van der Waals surface area contributed by atoms with Crippen LogP contribution in [0.25, 0.3) is 0 Å². The van der Waals surface area contributed by atoms with Gasteiger partial charge in [-0.1, -0.05) is 0 Å². The van der Waals surface area contributed by atoms with Gasteiger partial charge in [0.1, 0.15) is 0 Å². The van der Waals surface area contributed by atoms with Crippen LogP contribution in [0.1, 0.15) is 0 Å². The van der Waals surface area contributed by atoms with E-state index in [1.807, 2.05) is 0 Å². The summed E-state index contributed by atoms with van der Waals surface area (Å²) in [4.78, 5) is 0. The Kier molecular flexibility index (Phi) is 3920. The standard InChI is InChI=1S/4H3N.Na/h4*1H3;/q;;;;+1/p+4. The van der Waals surface area contributed by atoms with Crippen molar-refractivity contribution in [2.24, 2.45) is 0 Å². The van der Waals surface area contributed by atoms with Crippen LogP contribution in [0.2, 0.25) is 0 Å². The van der Waals surface area contributed by atoms with E-state index in [0.717, 1.165) is 0 Å². The van der Waals surface area contributed by atoms with Gasteiger partial charge in [0, 0.05) is 0 Å². The number of hydrogen-bond acceptors (Lipinski definition) is 0. The first-order valence-electron chi connectivity index (χ1n) is 0. The van der Waals surface area contributed by atoms with Gasteiger partial charge in [-0.3, -0.25) is 0 Å². The number of hydrogen-bond donors (Lipinski definition) is 4. The molecule has 0 aliphatic rings. The molecular weight excluding hydrogens is 79.0 g/mol. The Morgan fingerprint density at radius 2 is 0.400 bits per heavy atom. The van der Waals surface area contributed by atoms with E-state index in [1.54, 1.807) is 0 Å². The summed E-state index contributed by atoms with van der Waals surface area (Å²) in [7, 11) is 0. The molecule has 0 aliphatic carbocycles. The fourth-order valence-electron chi connectivity index (χ4n) is 0. The van der Waals surface area contributed by atoms with Gasteiger partial charge in [-0.25, -0.2) is 0 Å². The molecule has 0 aromatic heterocycles. The molecule has 0 atom stereocenters. The van der Waals surface area contributed by atoms with Crippen molar-refractivity contribution in [1.29, 1.82) is 0 Å². The number of quaternary nitrogens is 4. The maximum absolute atomic E-state index is 0. The van der Waals surface area contributed by atoms with Crippen molar-refractivity contribution < 1.29 is 29.6 Å². The van der Waals surface area contributed by atoms with Gasteiger partial charge >= 0.3 is 29.6 Å². The molecule has 0 fully saturated rings. The molecular formula is H16N4Na+5. The van der Waals surface area contributed by atoms with Crippen molar-refractivity contribution in [1.82, 2.24) is 24.6 Å². The molecule has 5 heteroatoms. The first-order chi connectivity index (χ1) is 0. The quantitative estimate of drug-likeness (QED) is 0.260. The first kappa shape index (κ1) is 194. The monoisotopic (exact) mass is 95.1 g/mol. The van der Waals surface area contributed by atoms with E-state index in [9.17, 15) is 0 Å². The average molecular weight is 95.1 g/mol. The van der Waals surface area contributed by atoms with Crippen LogP contribution in [0.3, 0.4) is 0 Å². The summed E-state index contributed by atoms with van der Waals surface area (Å²) in [6.45, 7) is 0. The first-order valence-corrected chi connectivity index (χ1v) is 0. The maximum atomic E-state index is 0. The summed E-state index contributed by atoms with van der Waals surface area (Å²) in [5.74, 6) is 0. The van der Waals surface area contributed by atoms with Crippen LogP contribution in [-0.4, -0.2) is 0 Å². The minimum atomic E-state index is 0. The van der Waals surface area contributed by atoms with Gasteiger partial charge in [-0.2, -0.15) is 0 Å². The zero-order valence-electron chi connectivity index (χ0n) is 5.00. The Morgan fingerprint density at radius 1 is 0.400 bits per heavy atom. The van der Waals surface area contributed by atoms with Gasteiger partial charge in [0.25, 0.3) is 0 Å². The van der Waals surface area contributed by atoms with Crippen LogP contribution in [0.5, 0.6) is 0 Å². The maximum Gasteiger partial charge on any atom is 1.00 e. The van der Waals surface area contributed by atoms with Crippen molar-refractivity contribution in [3.05, 3.63) is 0 Å². The molecule has 0 spiro atoms. The Balaban J connectivity index is 0. The smallest absolute Gasteiger partial charge is 0.369 e. The average Bonchev–Trinajstić information content (AvgIpc) is 0. The van der Waals surface area contributed by atoms with Crippen molar-refractivity contribution >= 4 is 0 Å². The van der Waals surface area contributed by atoms with E-state index in [0.29, 0.717) is 0 Å². The molecule has 0 amide bonds. The second-order valence-electron chi connectivity index (χ2n) is 0. The van der Waals surface area contributed by atoms with Gasteiger partial charge in [-0.15, -0.1) is 0 Å². The van der Waals surface area contributed by atoms with Crippen molar-refractivity contribution in [3.63, 3.8) is 0 Å². The van der Waals surface area contributed by atoms with E-state index < -0.39 is 0 Å². The molecule has 0 saturated carbocycles. The Morgan fingerprint density at radius 3 is 0.400 bits per heavy atom. The topological polar surface area (TPSA) is 146 Å². The van der Waals surface area contributed by atoms with Crippen LogP contribution in [-0.2, 0) is 0 Å².